The Balaban J connectivity index is 1.91. The second kappa shape index (κ2) is 8.61. The van der Waals surface area contributed by atoms with Crippen LogP contribution in [0.3, 0.4) is 0 Å². The average Bonchev–Trinajstić information content (AvgIpc) is 2.67. The van der Waals surface area contributed by atoms with Crippen molar-refractivity contribution in [3.8, 4) is 6.07 Å². The fourth-order valence-electron chi connectivity index (χ4n) is 5.22. The molecule has 0 spiro atoms. The van der Waals surface area contributed by atoms with Crippen molar-refractivity contribution in [2.45, 2.75) is 90.6 Å². The summed E-state index contributed by atoms with van der Waals surface area (Å²) >= 11 is 0. The third-order valence-corrected chi connectivity index (χ3v) is 6.70. The lowest BCUT2D eigenvalue weighted by Gasteiger charge is -2.47. The van der Waals surface area contributed by atoms with E-state index in [2.05, 4.69) is 63.0 Å². The van der Waals surface area contributed by atoms with E-state index in [4.69, 9.17) is 0 Å². The molecule has 1 N–H and O–H groups in total. The van der Waals surface area contributed by atoms with Crippen LogP contribution in [0.25, 0.3) is 6.08 Å². The third-order valence-electron chi connectivity index (χ3n) is 6.70. The summed E-state index contributed by atoms with van der Waals surface area (Å²) in [5.41, 5.74) is 5.01. The number of amides is 1. The molecule has 0 bridgehead atoms. The van der Waals surface area contributed by atoms with Gasteiger partial charge in [0.1, 0.15) is 11.6 Å². The van der Waals surface area contributed by atoms with Crippen molar-refractivity contribution >= 4 is 17.7 Å². The zero-order chi connectivity index (χ0) is 21.2. The summed E-state index contributed by atoms with van der Waals surface area (Å²) in [6, 6.07) is 6.76. The molecular formula is C25H35N3O. The predicted octanol–water partition coefficient (Wildman–Crippen LogP) is 5.46. The van der Waals surface area contributed by atoms with E-state index in [1.165, 1.54) is 17.7 Å². The summed E-state index contributed by atoms with van der Waals surface area (Å²) in [5, 5.41) is 12.7. The number of carbonyl (C=O) groups excluding carboxylic acids is 1. The van der Waals surface area contributed by atoms with E-state index >= 15 is 0 Å². The molecule has 1 atom stereocenters. The van der Waals surface area contributed by atoms with Gasteiger partial charge in [-0.25, -0.2) is 0 Å². The number of rotatable bonds is 4. The highest BCUT2D eigenvalue weighted by Gasteiger charge is 2.35. The van der Waals surface area contributed by atoms with Crippen LogP contribution < -0.4 is 10.2 Å². The Morgan fingerprint density at radius 3 is 2.62 bits per heavy atom. The topological polar surface area (TPSA) is 56.1 Å². The number of nitrogens with zero attached hydrogens (tertiary/aromatic N) is 2. The van der Waals surface area contributed by atoms with Gasteiger partial charge >= 0.3 is 0 Å². The second-order valence-electron chi connectivity index (χ2n) is 9.41. The van der Waals surface area contributed by atoms with Gasteiger partial charge in [-0.1, -0.05) is 26.2 Å². The van der Waals surface area contributed by atoms with Crippen molar-refractivity contribution in [3.63, 3.8) is 0 Å². The Labute approximate surface area is 176 Å². The smallest absolute Gasteiger partial charge is 0.262 e. The largest absolute Gasteiger partial charge is 0.366 e. The van der Waals surface area contributed by atoms with E-state index in [1.54, 1.807) is 6.08 Å². The van der Waals surface area contributed by atoms with Crippen molar-refractivity contribution in [1.82, 2.24) is 5.32 Å². The zero-order valence-electron chi connectivity index (χ0n) is 18.6. The molecule has 4 nitrogen and oxygen atoms in total. The summed E-state index contributed by atoms with van der Waals surface area (Å²) in [6.07, 6.45) is 8.45. The van der Waals surface area contributed by atoms with Crippen LogP contribution in [-0.2, 0) is 4.79 Å². The molecule has 2 aliphatic rings. The molecule has 4 heteroatoms. The molecule has 1 heterocycles. The molecule has 0 unspecified atom stereocenters. The number of nitriles is 1. The molecule has 156 valence electrons. The molecule has 1 aliphatic carbocycles. The maximum Gasteiger partial charge on any atom is 0.262 e. The Morgan fingerprint density at radius 2 is 2.00 bits per heavy atom. The number of fused-ring (bicyclic) bond motifs is 1. The standard InChI is InChI=1S/C25H35N3O/c1-6-28-23-12-17(2)19(14-22(23)18(3)15-25(28,4)5)13-20(16-26)24(29)27-21-10-8-7-9-11-21/h12-14,18,21H,6-11,15H2,1-5H3,(H,27,29)/b20-13-/t18-/m0/s1. The molecule has 0 saturated heterocycles. The molecule has 1 amide bonds. The van der Waals surface area contributed by atoms with Crippen molar-refractivity contribution < 1.29 is 4.79 Å². The number of nitrogens with one attached hydrogen (secondary N) is 1. The SMILES string of the molecule is CCN1c2cc(C)c(/C=C(/C#N)C(=O)NC3CCCCC3)cc2[C@@H](C)CC1(C)C. The van der Waals surface area contributed by atoms with E-state index in [1.807, 2.05) is 0 Å². The monoisotopic (exact) mass is 393 g/mol. The van der Waals surface area contributed by atoms with Crippen molar-refractivity contribution in [1.29, 1.82) is 5.26 Å². The highest BCUT2D eigenvalue weighted by atomic mass is 16.1. The van der Waals surface area contributed by atoms with Crippen LogP contribution in [0.15, 0.2) is 17.7 Å². The number of carbonyl (C=O) groups is 1. The molecule has 1 aromatic carbocycles. The molecule has 1 saturated carbocycles. The normalized spacial score (nSPS) is 22.0. The zero-order valence-corrected chi connectivity index (χ0v) is 18.6. The van der Waals surface area contributed by atoms with E-state index in [-0.39, 0.29) is 23.1 Å². The maximum atomic E-state index is 12.7. The van der Waals surface area contributed by atoms with Crippen LogP contribution in [0.1, 0.15) is 88.8 Å². The van der Waals surface area contributed by atoms with Gasteiger partial charge in [-0.05, 0) is 87.8 Å². The third kappa shape index (κ3) is 4.50. The molecule has 29 heavy (non-hydrogen) atoms. The lowest BCUT2D eigenvalue weighted by Crippen LogP contribution is -2.48. The van der Waals surface area contributed by atoms with Crippen LogP contribution in [0.2, 0.25) is 0 Å². The van der Waals surface area contributed by atoms with Gasteiger partial charge in [0.25, 0.3) is 5.91 Å². The minimum absolute atomic E-state index is 0.128. The van der Waals surface area contributed by atoms with Gasteiger partial charge < -0.3 is 10.2 Å². The summed E-state index contributed by atoms with van der Waals surface area (Å²) in [5.74, 6) is 0.207. The molecule has 0 aromatic heterocycles. The number of anilines is 1. The van der Waals surface area contributed by atoms with E-state index in [0.29, 0.717) is 5.92 Å². The van der Waals surface area contributed by atoms with Gasteiger partial charge in [0, 0.05) is 23.8 Å². The quantitative estimate of drug-likeness (QED) is 0.546. The van der Waals surface area contributed by atoms with Crippen molar-refractivity contribution in [2.75, 3.05) is 11.4 Å². The predicted molar refractivity (Wildman–Crippen MR) is 120 cm³/mol. The lowest BCUT2D eigenvalue weighted by atomic mass is 9.79. The highest BCUT2D eigenvalue weighted by Crippen LogP contribution is 2.44. The number of hydrogen-bond donors (Lipinski definition) is 1. The van der Waals surface area contributed by atoms with Gasteiger partial charge in [0.15, 0.2) is 0 Å². The average molecular weight is 394 g/mol. The van der Waals surface area contributed by atoms with Crippen LogP contribution in [0, 0.1) is 18.3 Å². The lowest BCUT2D eigenvalue weighted by molar-refractivity contribution is -0.117. The Kier molecular flexibility index (Phi) is 6.36. The summed E-state index contributed by atoms with van der Waals surface area (Å²) in [4.78, 5) is 15.2. The van der Waals surface area contributed by atoms with Crippen LogP contribution in [0.4, 0.5) is 5.69 Å². The summed E-state index contributed by atoms with van der Waals surface area (Å²) < 4.78 is 0. The van der Waals surface area contributed by atoms with Crippen molar-refractivity contribution in [3.05, 3.63) is 34.4 Å². The summed E-state index contributed by atoms with van der Waals surface area (Å²) in [6.45, 7) is 12.1. The number of aryl methyl sites for hydroxylation is 1. The first-order valence-electron chi connectivity index (χ1n) is 11.1. The van der Waals surface area contributed by atoms with Crippen LogP contribution in [-0.4, -0.2) is 24.0 Å². The minimum Gasteiger partial charge on any atom is -0.366 e. The van der Waals surface area contributed by atoms with E-state index < -0.39 is 0 Å². The van der Waals surface area contributed by atoms with Gasteiger partial charge in [-0.3, -0.25) is 4.79 Å². The molecule has 1 fully saturated rings. The van der Waals surface area contributed by atoms with Crippen LogP contribution >= 0.6 is 0 Å². The first-order chi connectivity index (χ1) is 13.8. The Bertz CT molecular complexity index is 840. The summed E-state index contributed by atoms with van der Waals surface area (Å²) in [7, 11) is 0. The van der Waals surface area contributed by atoms with E-state index in [9.17, 15) is 10.1 Å². The van der Waals surface area contributed by atoms with Crippen molar-refractivity contribution in [2.24, 2.45) is 0 Å². The van der Waals surface area contributed by atoms with Gasteiger partial charge in [0.2, 0.25) is 0 Å². The van der Waals surface area contributed by atoms with Gasteiger partial charge in [-0.15, -0.1) is 0 Å². The molecule has 1 aliphatic heterocycles. The molecule has 1 aromatic rings. The first kappa shape index (κ1) is 21.4. The fraction of sp³-hybridized carbons (Fsp3) is 0.600. The minimum atomic E-state index is -0.235. The number of benzene rings is 1. The molecule has 3 rings (SSSR count). The van der Waals surface area contributed by atoms with Gasteiger partial charge in [-0.2, -0.15) is 5.26 Å². The van der Waals surface area contributed by atoms with Crippen LogP contribution in [0.5, 0.6) is 0 Å². The number of hydrogen-bond acceptors (Lipinski definition) is 3. The maximum absolute atomic E-state index is 12.7. The second-order valence-corrected chi connectivity index (χ2v) is 9.41. The highest BCUT2D eigenvalue weighted by molar-refractivity contribution is 6.02. The molecular weight excluding hydrogens is 358 g/mol. The fourth-order valence-corrected chi connectivity index (χ4v) is 5.22. The van der Waals surface area contributed by atoms with E-state index in [0.717, 1.165) is 49.8 Å². The Hall–Kier alpha value is -2.28. The first-order valence-corrected chi connectivity index (χ1v) is 11.1. The Morgan fingerprint density at radius 1 is 1.31 bits per heavy atom. The molecule has 0 radical (unpaired) electrons. The van der Waals surface area contributed by atoms with Gasteiger partial charge in [0.05, 0.1) is 0 Å².